The van der Waals surface area contributed by atoms with E-state index in [1.165, 1.54) is 12.1 Å². The summed E-state index contributed by atoms with van der Waals surface area (Å²) in [6.07, 6.45) is 1.93. The highest BCUT2D eigenvalue weighted by Gasteiger charge is 2.41. The number of rotatable bonds is 0. The van der Waals surface area contributed by atoms with Gasteiger partial charge in [0.25, 0.3) is 0 Å². The Balaban J connectivity index is 0.000000853. The number of hydrogen-bond acceptors (Lipinski definition) is 2. The largest absolute Gasteiger partial charge is 0.485 e. The molecule has 2 aliphatic heterocycles. The molecule has 2 aliphatic rings. The van der Waals surface area contributed by atoms with Crippen molar-refractivity contribution in [3.63, 3.8) is 0 Å². The molecule has 1 spiro atoms. The van der Waals surface area contributed by atoms with Crippen LogP contribution in [0.15, 0.2) is 18.2 Å². The fourth-order valence-electron chi connectivity index (χ4n) is 2.34. The standard InChI is InChI=1S/C11H12FNO.ClH/c12-9-2-1-8-6-11(3-4-13-7-11)14-10(8)5-9;/h1-2,5,13H,3-4,6-7H2;1H. The summed E-state index contributed by atoms with van der Waals surface area (Å²) in [5, 5.41) is 3.29. The van der Waals surface area contributed by atoms with Crippen molar-refractivity contribution in [1.82, 2.24) is 5.32 Å². The second-order valence-electron chi connectivity index (χ2n) is 4.14. The minimum Gasteiger partial charge on any atom is -0.485 e. The molecule has 0 radical (unpaired) electrons. The van der Waals surface area contributed by atoms with Gasteiger partial charge >= 0.3 is 0 Å². The first-order valence-corrected chi connectivity index (χ1v) is 4.96. The molecular formula is C11H13ClFNO. The molecule has 1 N–H and O–H groups in total. The molecule has 82 valence electrons. The molecule has 1 unspecified atom stereocenters. The molecular weight excluding hydrogens is 217 g/mol. The van der Waals surface area contributed by atoms with E-state index in [9.17, 15) is 4.39 Å². The smallest absolute Gasteiger partial charge is 0.127 e. The summed E-state index contributed by atoms with van der Waals surface area (Å²) in [6, 6.07) is 4.82. The van der Waals surface area contributed by atoms with Crippen LogP contribution < -0.4 is 10.1 Å². The Morgan fingerprint density at radius 3 is 3.00 bits per heavy atom. The summed E-state index contributed by atoms with van der Waals surface area (Å²) in [6.45, 7) is 1.87. The molecule has 15 heavy (non-hydrogen) atoms. The zero-order valence-electron chi connectivity index (χ0n) is 8.25. The molecule has 1 fully saturated rings. The van der Waals surface area contributed by atoms with Gasteiger partial charge in [-0.25, -0.2) is 4.39 Å². The maximum Gasteiger partial charge on any atom is 0.127 e. The van der Waals surface area contributed by atoms with Crippen molar-refractivity contribution < 1.29 is 9.13 Å². The van der Waals surface area contributed by atoms with Gasteiger partial charge in [-0.15, -0.1) is 12.4 Å². The lowest BCUT2D eigenvalue weighted by Crippen LogP contribution is -2.36. The molecule has 1 saturated heterocycles. The highest BCUT2D eigenvalue weighted by atomic mass is 35.5. The van der Waals surface area contributed by atoms with Crippen LogP contribution in [0.1, 0.15) is 12.0 Å². The van der Waals surface area contributed by atoms with E-state index in [-0.39, 0.29) is 23.8 Å². The van der Waals surface area contributed by atoms with Crippen molar-refractivity contribution in [2.24, 2.45) is 0 Å². The fourth-order valence-corrected chi connectivity index (χ4v) is 2.34. The minimum atomic E-state index is -0.216. The first-order chi connectivity index (χ1) is 6.77. The van der Waals surface area contributed by atoms with E-state index in [1.54, 1.807) is 0 Å². The Morgan fingerprint density at radius 2 is 2.27 bits per heavy atom. The SMILES string of the molecule is Cl.Fc1ccc2c(c1)OC1(CCNC1)C2. The predicted molar refractivity (Wildman–Crippen MR) is 58.2 cm³/mol. The molecule has 1 aromatic rings. The predicted octanol–water partition coefficient (Wildman–Crippen LogP) is 1.91. The lowest BCUT2D eigenvalue weighted by molar-refractivity contribution is 0.117. The van der Waals surface area contributed by atoms with Gasteiger partial charge in [-0.3, -0.25) is 0 Å². The van der Waals surface area contributed by atoms with Gasteiger partial charge in [0.15, 0.2) is 0 Å². The van der Waals surface area contributed by atoms with Gasteiger partial charge in [0.05, 0.1) is 0 Å². The second kappa shape index (κ2) is 3.65. The highest BCUT2D eigenvalue weighted by Crippen LogP contribution is 2.38. The monoisotopic (exact) mass is 229 g/mol. The number of nitrogens with one attached hydrogen (secondary N) is 1. The van der Waals surface area contributed by atoms with Gasteiger partial charge in [-0.2, -0.15) is 0 Å². The maximum absolute atomic E-state index is 12.9. The molecule has 0 amide bonds. The van der Waals surface area contributed by atoms with Crippen LogP contribution in [-0.4, -0.2) is 18.7 Å². The minimum absolute atomic E-state index is 0. The third-order valence-corrected chi connectivity index (χ3v) is 3.07. The normalized spacial score (nSPS) is 27.3. The number of hydrogen-bond donors (Lipinski definition) is 1. The fraction of sp³-hybridized carbons (Fsp3) is 0.455. The zero-order chi connectivity index (χ0) is 9.60. The summed E-state index contributed by atoms with van der Waals surface area (Å²) >= 11 is 0. The topological polar surface area (TPSA) is 21.3 Å². The van der Waals surface area contributed by atoms with Gasteiger partial charge in [0.1, 0.15) is 17.2 Å². The Labute approximate surface area is 94.2 Å². The summed E-state index contributed by atoms with van der Waals surface area (Å²) < 4.78 is 18.8. The molecule has 0 aromatic heterocycles. The highest BCUT2D eigenvalue weighted by molar-refractivity contribution is 5.85. The molecule has 3 rings (SSSR count). The molecule has 0 saturated carbocycles. The lowest BCUT2D eigenvalue weighted by atomic mass is 9.96. The van der Waals surface area contributed by atoms with Crippen molar-refractivity contribution in [3.05, 3.63) is 29.6 Å². The number of ether oxygens (including phenoxy) is 1. The van der Waals surface area contributed by atoms with E-state index < -0.39 is 0 Å². The second-order valence-corrected chi connectivity index (χ2v) is 4.14. The Hall–Kier alpha value is -0.800. The van der Waals surface area contributed by atoms with Crippen LogP contribution in [-0.2, 0) is 6.42 Å². The molecule has 4 heteroatoms. The van der Waals surface area contributed by atoms with Crippen LogP contribution >= 0.6 is 12.4 Å². The van der Waals surface area contributed by atoms with Crippen molar-refractivity contribution in [1.29, 1.82) is 0 Å². The van der Waals surface area contributed by atoms with E-state index in [4.69, 9.17) is 4.74 Å². The van der Waals surface area contributed by atoms with Crippen LogP contribution in [0.3, 0.4) is 0 Å². The third-order valence-electron chi connectivity index (χ3n) is 3.07. The Kier molecular flexibility index (Phi) is 2.61. The molecule has 2 heterocycles. The number of fused-ring (bicyclic) bond motifs is 1. The van der Waals surface area contributed by atoms with Crippen LogP contribution in [0.5, 0.6) is 5.75 Å². The van der Waals surface area contributed by atoms with Crippen LogP contribution in [0.4, 0.5) is 4.39 Å². The van der Waals surface area contributed by atoms with E-state index in [0.717, 1.165) is 37.2 Å². The van der Waals surface area contributed by atoms with E-state index >= 15 is 0 Å². The van der Waals surface area contributed by atoms with Crippen LogP contribution in [0.25, 0.3) is 0 Å². The van der Waals surface area contributed by atoms with Gasteiger partial charge in [-0.1, -0.05) is 6.07 Å². The quantitative estimate of drug-likeness (QED) is 0.734. The van der Waals surface area contributed by atoms with Gasteiger partial charge in [0, 0.05) is 25.5 Å². The lowest BCUT2D eigenvalue weighted by Gasteiger charge is -2.21. The van der Waals surface area contributed by atoms with Crippen LogP contribution in [0.2, 0.25) is 0 Å². The Bertz CT molecular complexity index is 377. The summed E-state index contributed by atoms with van der Waals surface area (Å²) in [5.41, 5.74) is 1.05. The third kappa shape index (κ3) is 1.70. The van der Waals surface area contributed by atoms with Gasteiger partial charge < -0.3 is 10.1 Å². The van der Waals surface area contributed by atoms with Gasteiger partial charge in [-0.05, 0) is 18.2 Å². The first kappa shape index (κ1) is 10.7. The summed E-state index contributed by atoms with van der Waals surface area (Å²) in [4.78, 5) is 0. The van der Waals surface area contributed by atoms with E-state index in [0.29, 0.717) is 0 Å². The summed E-state index contributed by atoms with van der Waals surface area (Å²) in [5.74, 6) is 0.514. The molecule has 0 aliphatic carbocycles. The average Bonchev–Trinajstić information content (AvgIpc) is 2.72. The average molecular weight is 230 g/mol. The van der Waals surface area contributed by atoms with Crippen LogP contribution in [0, 0.1) is 5.82 Å². The maximum atomic E-state index is 12.9. The van der Waals surface area contributed by atoms with E-state index in [1.807, 2.05) is 6.07 Å². The van der Waals surface area contributed by atoms with Crippen molar-refractivity contribution in [3.8, 4) is 5.75 Å². The van der Waals surface area contributed by atoms with Crippen molar-refractivity contribution in [2.75, 3.05) is 13.1 Å². The van der Waals surface area contributed by atoms with Crippen molar-refractivity contribution >= 4 is 12.4 Å². The Morgan fingerprint density at radius 1 is 1.40 bits per heavy atom. The number of halogens is 2. The number of benzene rings is 1. The molecule has 2 nitrogen and oxygen atoms in total. The molecule has 1 atom stereocenters. The molecule has 0 bridgehead atoms. The summed E-state index contributed by atoms with van der Waals surface area (Å²) in [7, 11) is 0. The van der Waals surface area contributed by atoms with Crippen molar-refractivity contribution in [2.45, 2.75) is 18.4 Å². The van der Waals surface area contributed by atoms with Gasteiger partial charge in [0.2, 0.25) is 0 Å². The molecule has 1 aromatic carbocycles. The first-order valence-electron chi connectivity index (χ1n) is 4.96. The zero-order valence-corrected chi connectivity index (χ0v) is 9.07. The van der Waals surface area contributed by atoms with E-state index in [2.05, 4.69) is 5.32 Å².